The van der Waals surface area contributed by atoms with Crippen LogP contribution in [0.25, 0.3) is 0 Å². The Bertz CT molecular complexity index is 424. The first kappa shape index (κ1) is 16.3. The van der Waals surface area contributed by atoms with Crippen LogP contribution < -0.4 is 0 Å². The fourth-order valence-corrected chi connectivity index (χ4v) is 2.30. The summed E-state index contributed by atoms with van der Waals surface area (Å²) in [6, 6.07) is 0. The second-order valence-corrected chi connectivity index (χ2v) is 5.55. The van der Waals surface area contributed by atoms with Crippen molar-refractivity contribution in [3.63, 3.8) is 0 Å². The molecule has 0 fully saturated rings. The molecule has 0 N–H and O–H groups in total. The Morgan fingerprint density at radius 3 is 2.37 bits per heavy atom. The quantitative estimate of drug-likeness (QED) is 0.521. The Hall–Kier alpha value is -0.790. The molecule has 95 valence electrons. The van der Waals surface area contributed by atoms with Gasteiger partial charge in [-0.2, -0.15) is 0 Å². The van der Waals surface area contributed by atoms with Crippen LogP contribution in [-0.2, 0) is 9.59 Å². The molecule has 0 spiro atoms. The summed E-state index contributed by atoms with van der Waals surface area (Å²) < 4.78 is 0. The number of hydrogen-bond acceptors (Lipinski definition) is 2. The van der Waals surface area contributed by atoms with E-state index in [1.807, 2.05) is 7.28 Å². The summed E-state index contributed by atoms with van der Waals surface area (Å²) in [5, 5.41) is 0.767. The van der Waals surface area contributed by atoms with Crippen molar-refractivity contribution >= 4 is 46.1 Å². The standard InChI is InChI=1S/C13H19B4O2/c1-7(2)10-9(13(19)14-5)12(15-6-18)17-11(16-10)8(3)4/h6-8,11H,1-5H3. The summed E-state index contributed by atoms with van der Waals surface area (Å²) >= 11 is 0. The van der Waals surface area contributed by atoms with E-state index < -0.39 is 0 Å². The molecular formula is C13H19B4O2. The SMILES string of the molecule is C[B]C(=O)C1=C([B]C=O)[B]C(C(C)C)B=C1C(C)C. The van der Waals surface area contributed by atoms with Gasteiger partial charge in [0.15, 0.2) is 0 Å². The van der Waals surface area contributed by atoms with Gasteiger partial charge in [-0.25, -0.2) is 0 Å². The number of allylic oxidation sites excluding steroid dienone is 1. The van der Waals surface area contributed by atoms with Crippen LogP contribution in [0.1, 0.15) is 27.7 Å². The zero-order valence-corrected chi connectivity index (χ0v) is 12.4. The van der Waals surface area contributed by atoms with Gasteiger partial charge in [-0.1, -0.05) is 0 Å². The number of hydrogen-bond donors (Lipinski definition) is 0. The summed E-state index contributed by atoms with van der Waals surface area (Å²) in [5.74, 6) is 0.718. The summed E-state index contributed by atoms with van der Waals surface area (Å²) in [5.41, 5.74) is 2.00. The van der Waals surface area contributed by atoms with E-state index in [2.05, 4.69) is 34.6 Å². The van der Waals surface area contributed by atoms with Gasteiger partial charge in [0.2, 0.25) is 0 Å². The molecule has 1 rings (SSSR count). The Kier molecular flexibility index (Phi) is 6.09. The van der Waals surface area contributed by atoms with Crippen molar-refractivity contribution in [3.05, 3.63) is 10.9 Å². The third kappa shape index (κ3) is 3.84. The number of carbonyl (C=O) groups excluding carboxylic acids is 2. The van der Waals surface area contributed by atoms with Gasteiger partial charge in [0.1, 0.15) is 0 Å². The van der Waals surface area contributed by atoms with Crippen molar-refractivity contribution < 1.29 is 9.59 Å². The van der Waals surface area contributed by atoms with Crippen molar-refractivity contribution in [2.75, 3.05) is 0 Å². The Morgan fingerprint density at radius 1 is 1.32 bits per heavy atom. The molecule has 0 aromatic carbocycles. The summed E-state index contributed by atoms with van der Waals surface area (Å²) in [6.45, 7) is 12.4. The van der Waals surface area contributed by atoms with Crippen LogP contribution in [0.4, 0.5) is 0 Å². The van der Waals surface area contributed by atoms with Crippen LogP contribution in [-0.4, -0.2) is 46.1 Å². The van der Waals surface area contributed by atoms with E-state index >= 15 is 0 Å². The first-order chi connectivity index (χ1) is 8.92. The first-order valence-electron chi connectivity index (χ1n) is 6.85. The third-order valence-corrected chi connectivity index (χ3v) is 3.47. The van der Waals surface area contributed by atoms with Gasteiger partial charge in [-0.15, -0.1) is 0 Å². The van der Waals surface area contributed by atoms with Gasteiger partial charge in [0, 0.05) is 0 Å². The molecule has 0 bridgehead atoms. The van der Waals surface area contributed by atoms with Gasteiger partial charge in [0.05, 0.1) is 0 Å². The van der Waals surface area contributed by atoms with Gasteiger partial charge >= 0.3 is 119 Å². The van der Waals surface area contributed by atoms with Crippen LogP contribution in [0.5, 0.6) is 0 Å². The van der Waals surface area contributed by atoms with E-state index in [0.29, 0.717) is 11.5 Å². The molecular weight excluding hydrogens is 231 g/mol. The summed E-state index contributed by atoms with van der Waals surface area (Å²) in [6.07, 6.45) is 0.759. The van der Waals surface area contributed by atoms with Gasteiger partial charge in [0.25, 0.3) is 0 Å². The van der Waals surface area contributed by atoms with Crippen molar-refractivity contribution in [2.45, 2.75) is 40.2 Å². The first-order valence-corrected chi connectivity index (χ1v) is 6.85. The molecule has 1 aliphatic rings. The maximum atomic E-state index is 12.1. The molecule has 1 heterocycles. The molecule has 0 saturated carbocycles. The number of carbonyl (C=O) groups is 2. The Labute approximate surface area is 119 Å². The second-order valence-electron chi connectivity index (χ2n) is 5.55. The van der Waals surface area contributed by atoms with Crippen LogP contribution >= 0.6 is 0 Å². The summed E-state index contributed by atoms with van der Waals surface area (Å²) in [7, 11) is 5.09. The summed E-state index contributed by atoms with van der Waals surface area (Å²) in [4.78, 5) is 23.0. The fraction of sp³-hybridized carbons (Fsp3) is 0.615. The molecule has 0 aromatic rings. The Morgan fingerprint density at radius 2 is 1.95 bits per heavy atom. The Balaban J connectivity index is 3.29. The average molecular weight is 251 g/mol. The monoisotopic (exact) mass is 251 g/mol. The number of rotatable bonds is 6. The fourth-order valence-electron chi connectivity index (χ4n) is 2.30. The van der Waals surface area contributed by atoms with Crippen molar-refractivity contribution in [2.24, 2.45) is 11.8 Å². The van der Waals surface area contributed by atoms with Crippen LogP contribution in [0.15, 0.2) is 10.9 Å². The van der Waals surface area contributed by atoms with Crippen LogP contribution in [0.3, 0.4) is 0 Å². The van der Waals surface area contributed by atoms with E-state index in [1.54, 1.807) is 14.1 Å². The molecule has 2 nitrogen and oxygen atoms in total. The molecule has 19 heavy (non-hydrogen) atoms. The zero-order chi connectivity index (χ0) is 14.6. The van der Waals surface area contributed by atoms with Crippen LogP contribution in [0, 0.1) is 11.8 Å². The molecule has 0 saturated heterocycles. The van der Waals surface area contributed by atoms with Crippen molar-refractivity contribution in [1.82, 2.24) is 0 Å². The van der Waals surface area contributed by atoms with E-state index in [0.717, 1.165) is 17.0 Å². The average Bonchev–Trinajstić information content (AvgIpc) is 2.37. The van der Waals surface area contributed by atoms with Gasteiger partial charge in [-0.05, 0) is 0 Å². The molecule has 1 atom stereocenters. The molecule has 0 amide bonds. The van der Waals surface area contributed by atoms with Crippen molar-refractivity contribution in [3.8, 4) is 0 Å². The van der Waals surface area contributed by atoms with E-state index in [4.69, 9.17) is 0 Å². The van der Waals surface area contributed by atoms with E-state index in [9.17, 15) is 9.59 Å². The van der Waals surface area contributed by atoms with Gasteiger partial charge < -0.3 is 0 Å². The molecule has 3 radical (unpaired) electrons. The topological polar surface area (TPSA) is 34.1 Å². The van der Waals surface area contributed by atoms with E-state index in [1.165, 1.54) is 7.28 Å². The van der Waals surface area contributed by atoms with Crippen LogP contribution in [0.2, 0.25) is 12.5 Å². The predicted molar refractivity (Wildman–Crippen MR) is 86.1 cm³/mol. The van der Waals surface area contributed by atoms with Crippen molar-refractivity contribution in [1.29, 1.82) is 0 Å². The minimum absolute atomic E-state index is 0.00786. The molecule has 1 unspecified atom stereocenters. The second kappa shape index (κ2) is 7.12. The molecule has 6 heteroatoms. The normalized spacial score (nSPS) is 18.7. The molecule has 0 aliphatic carbocycles. The minimum atomic E-state index is -0.00786. The third-order valence-electron chi connectivity index (χ3n) is 3.47. The van der Waals surface area contributed by atoms with E-state index in [-0.39, 0.29) is 17.3 Å². The zero-order valence-electron chi connectivity index (χ0n) is 12.4. The van der Waals surface area contributed by atoms with Gasteiger partial charge in [-0.3, -0.25) is 0 Å². The molecule has 0 aromatic heterocycles. The molecule has 1 aliphatic heterocycles. The maximum absolute atomic E-state index is 12.1. The predicted octanol–water partition coefficient (Wildman–Crippen LogP) is 1.02.